The van der Waals surface area contributed by atoms with Gasteiger partial charge in [0.1, 0.15) is 0 Å². The quantitative estimate of drug-likeness (QED) is 0.793. The first-order valence-electron chi connectivity index (χ1n) is 5.21. The molecule has 0 radical (unpaired) electrons. The molecule has 0 aliphatic carbocycles. The summed E-state index contributed by atoms with van der Waals surface area (Å²) in [6.45, 7) is 2.26. The number of benzene rings is 1. The molecule has 0 spiro atoms. The van der Waals surface area contributed by atoms with Crippen molar-refractivity contribution in [2.24, 2.45) is 0 Å². The van der Waals surface area contributed by atoms with Crippen LogP contribution in [0.3, 0.4) is 0 Å². The summed E-state index contributed by atoms with van der Waals surface area (Å²) in [7, 11) is -3.31. The molecule has 1 aliphatic rings. The summed E-state index contributed by atoms with van der Waals surface area (Å²) in [5.74, 6) is 0. The second-order valence-corrected chi connectivity index (χ2v) is 5.84. The van der Waals surface area contributed by atoms with Crippen molar-refractivity contribution in [1.29, 1.82) is 0 Å². The van der Waals surface area contributed by atoms with Crippen LogP contribution in [0.1, 0.15) is 13.3 Å². The van der Waals surface area contributed by atoms with Crippen LogP contribution in [0, 0.1) is 0 Å². The molecule has 16 heavy (non-hydrogen) atoms. The minimum atomic E-state index is -3.31. The van der Waals surface area contributed by atoms with Gasteiger partial charge in [-0.2, -0.15) is 0 Å². The van der Waals surface area contributed by atoms with Gasteiger partial charge in [0, 0.05) is 6.42 Å². The summed E-state index contributed by atoms with van der Waals surface area (Å²) in [6, 6.07) is 8.51. The zero-order valence-electron chi connectivity index (χ0n) is 9.09. The average Bonchev–Trinajstić information content (AvgIpc) is 2.30. The molecule has 0 saturated carbocycles. The maximum absolute atomic E-state index is 12.2. The largest absolute Gasteiger partial charge is 0.374 e. The van der Waals surface area contributed by atoms with Crippen LogP contribution in [-0.2, 0) is 14.6 Å². The molecule has 3 nitrogen and oxygen atoms in total. The Morgan fingerprint density at radius 3 is 2.56 bits per heavy atom. The van der Waals surface area contributed by atoms with Crippen LogP contribution in [-0.4, -0.2) is 21.1 Å². The van der Waals surface area contributed by atoms with E-state index in [1.54, 1.807) is 36.4 Å². The summed E-state index contributed by atoms with van der Waals surface area (Å²) in [4.78, 5) is 0.827. The SMILES string of the molecule is CC1CC(S(=O)(=O)c2ccccc2)=CCO1. The van der Waals surface area contributed by atoms with E-state index in [2.05, 4.69) is 0 Å². The predicted octanol–water partition coefficient (Wildman–Crippen LogP) is 2.15. The Morgan fingerprint density at radius 1 is 1.25 bits per heavy atom. The third-order valence-electron chi connectivity index (χ3n) is 2.58. The van der Waals surface area contributed by atoms with Crippen LogP contribution in [0.15, 0.2) is 46.2 Å². The Labute approximate surface area is 95.7 Å². The minimum absolute atomic E-state index is 0.0292. The van der Waals surface area contributed by atoms with Crippen molar-refractivity contribution in [3.63, 3.8) is 0 Å². The molecule has 2 rings (SSSR count). The van der Waals surface area contributed by atoms with E-state index in [0.717, 1.165) is 0 Å². The fraction of sp³-hybridized carbons (Fsp3) is 0.333. The van der Waals surface area contributed by atoms with E-state index >= 15 is 0 Å². The van der Waals surface area contributed by atoms with Crippen molar-refractivity contribution in [1.82, 2.24) is 0 Å². The van der Waals surface area contributed by atoms with Gasteiger partial charge in [0.25, 0.3) is 0 Å². The van der Waals surface area contributed by atoms with E-state index in [4.69, 9.17) is 4.74 Å². The van der Waals surface area contributed by atoms with Crippen LogP contribution in [0.4, 0.5) is 0 Å². The molecule has 1 aromatic carbocycles. The number of sulfone groups is 1. The van der Waals surface area contributed by atoms with E-state index in [9.17, 15) is 8.42 Å². The zero-order valence-corrected chi connectivity index (χ0v) is 9.91. The van der Waals surface area contributed by atoms with Crippen molar-refractivity contribution in [2.75, 3.05) is 6.61 Å². The number of hydrogen-bond acceptors (Lipinski definition) is 3. The second kappa shape index (κ2) is 4.39. The summed E-state index contributed by atoms with van der Waals surface area (Å²) >= 11 is 0. The Balaban J connectivity index is 2.37. The molecule has 1 atom stereocenters. The third kappa shape index (κ3) is 2.18. The molecule has 0 aromatic heterocycles. The Bertz CT molecular complexity index is 488. The highest BCUT2D eigenvalue weighted by atomic mass is 32.2. The van der Waals surface area contributed by atoms with Gasteiger partial charge in [-0.25, -0.2) is 8.42 Å². The van der Waals surface area contributed by atoms with Crippen molar-refractivity contribution in [3.05, 3.63) is 41.3 Å². The number of hydrogen-bond donors (Lipinski definition) is 0. The van der Waals surface area contributed by atoms with Crippen LogP contribution < -0.4 is 0 Å². The fourth-order valence-electron chi connectivity index (χ4n) is 1.70. The number of rotatable bonds is 2. The topological polar surface area (TPSA) is 43.4 Å². The highest BCUT2D eigenvalue weighted by Gasteiger charge is 2.24. The van der Waals surface area contributed by atoms with Gasteiger partial charge in [0.05, 0.1) is 22.5 Å². The van der Waals surface area contributed by atoms with E-state index < -0.39 is 9.84 Å². The highest BCUT2D eigenvalue weighted by molar-refractivity contribution is 7.95. The van der Waals surface area contributed by atoms with Crippen molar-refractivity contribution in [2.45, 2.75) is 24.3 Å². The van der Waals surface area contributed by atoms with Gasteiger partial charge in [-0.15, -0.1) is 0 Å². The van der Waals surface area contributed by atoms with Crippen molar-refractivity contribution in [3.8, 4) is 0 Å². The Morgan fingerprint density at radius 2 is 1.94 bits per heavy atom. The molecule has 1 unspecified atom stereocenters. The van der Waals surface area contributed by atoms with E-state index in [1.807, 2.05) is 6.92 Å². The first-order valence-corrected chi connectivity index (χ1v) is 6.70. The maximum atomic E-state index is 12.2. The maximum Gasteiger partial charge on any atom is 0.202 e. The lowest BCUT2D eigenvalue weighted by atomic mass is 10.2. The fourth-order valence-corrected chi connectivity index (χ4v) is 3.26. The summed E-state index contributed by atoms with van der Waals surface area (Å²) in [5, 5.41) is 0. The summed E-state index contributed by atoms with van der Waals surface area (Å²) in [6.07, 6.45) is 2.08. The lowest BCUT2D eigenvalue weighted by Gasteiger charge is -2.19. The molecular weight excluding hydrogens is 224 g/mol. The smallest absolute Gasteiger partial charge is 0.202 e. The molecule has 1 aliphatic heterocycles. The molecular formula is C12H14O3S. The van der Waals surface area contributed by atoms with Gasteiger partial charge < -0.3 is 4.74 Å². The van der Waals surface area contributed by atoms with Gasteiger partial charge in [-0.1, -0.05) is 18.2 Å². The first-order chi connectivity index (χ1) is 7.60. The lowest BCUT2D eigenvalue weighted by Crippen LogP contribution is -2.19. The molecule has 1 aromatic rings. The van der Waals surface area contributed by atoms with E-state index in [0.29, 0.717) is 22.8 Å². The monoisotopic (exact) mass is 238 g/mol. The van der Waals surface area contributed by atoms with Gasteiger partial charge in [-0.05, 0) is 25.1 Å². The molecule has 86 valence electrons. The third-order valence-corrected chi connectivity index (χ3v) is 4.50. The molecule has 1 heterocycles. The molecule has 0 saturated heterocycles. The minimum Gasteiger partial charge on any atom is -0.374 e. The molecule has 0 fully saturated rings. The molecule has 0 amide bonds. The summed E-state index contributed by atoms with van der Waals surface area (Å²) in [5.41, 5.74) is 0. The first kappa shape index (κ1) is 11.4. The average molecular weight is 238 g/mol. The summed E-state index contributed by atoms with van der Waals surface area (Å²) < 4.78 is 29.7. The molecule has 0 N–H and O–H groups in total. The predicted molar refractivity (Wildman–Crippen MR) is 61.7 cm³/mol. The van der Waals surface area contributed by atoms with Crippen molar-refractivity contribution < 1.29 is 13.2 Å². The highest BCUT2D eigenvalue weighted by Crippen LogP contribution is 2.25. The molecule has 4 heteroatoms. The Hall–Kier alpha value is -1.13. The van der Waals surface area contributed by atoms with Crippen molar-refractivity contribution >= 4 is 9.84 Å². The van der Waals surface area contributed by atoms with Crippen LogP contribution in [0.5, 0.6) is 0 Å². The van der Waals surface area contributed by atoms with Crippen LogP contribution in [0.2, 0.25) is 0 Å². The van der Waals surface area contributed by atoms with E-state index in [-0.39, 0.29) is 6.10 Å². The lowest BCUT2D eigenvalue weighted by molar-refractivity contribution is 0.0805. The zero-order chi connectivity index (χ0) is 11.6. The Kier molecular flexibility index (Phi) is 3.12. The normalized spacial score (nSPS) is 21.6. The standard InChI is InChI=1S/C12H14O3S/c1-10-9-12(7-8-15-10)16(13,14)11-5-3-2-4-6-11/h2-7,10H,8-9H2,1H3. The van der Waals surface area contributed by atoms with Gasteiger partial charge in [-0.3, -0.25) is 0 Å². The van der Waals surface area contributed by atoms with Gasteiger partial charge in [0.2, 0.25) is 9.84 Å². The van der Waals surface area contributed by atoms with Crippen LogP contribution in [0.25, 0.3) is 0 Å². The van der Waals surface area contributed by atoms with Crippen LogP contribution >= 0.6 is 0 Å². The second-order valence-electron chi connectivity index (χ2n) is 3.84. The van der Waals surface area contributed by atoms with Gasteiger partial charge in [0.15, 0.2) is 0 Å². The van der Waals surface area contributed by atoms with Gasteiger partial charge >= 0.3 is 0 Å². The number of ether oxygens (including phenoxy) is 1. The van der Waals surface area contributed by atoms with E-state index in [1.165, 1.54) is 0 Å². The molecule has 0 bridgehead atoms.